The fourth-order valence-electron chi connectivity index (χ4n) is 1.90. The normalized spacial score (nSPS) is 13.1. The van der Waals surface area contributed by atoms with Crippen LogP contribution in [0.4, 0.5) is 11.4 Å². The van der Waals surface area contributed by atoms with Crippen molar-refractivity contribution in [3.8, 4) is 0 Å². The van der Waals surface area contributed by atoms with Crippen molar-refractivity contribution in [2.24, 2.45) is 16.8 Å². The summed E-state index contributed by atoms with van der Waals surface area (Å²) in [6.07, 6.45) is 1.00. The Morgan fingerprint density at radius 2 is 2.25 bits per heavy atom. The fourth-order valence-corrected chi connectivity index (χ4v) is 1.90. The van der Waals surface area contributed by atoms with E-state index < -0.39 is 4.92 Å². The molecule has 0 saturated heterocycles. The van der Waals surface area contributed by atoms with E-state index in [2.05, 4.69) is 19.0 Å². The number of hydrogen-bond donors (Lipinski definition) is 2. The minimum atomic E-state index is -0.462. The molecule has 0 aliphatic carbocycles. The highest BCUT2D eigenvalue weighted by atomic mass is 16.6. The van der Waals surface area contributed by atoms with Crippen LogP contribution in [0.1, 0.15) is 25.8 Å². The van der Waals surface area contributed by atoms with Crippen molar-refractivity contribution < 1.29 is 10.1 Å². The molecule has 0 saturated carbocycles. The molecule has 20 heavy (non-hydrogen) atoms. The first-order chi connectivity index (χ1) is 9.40. The van der Waals surface area contributed by atoms with Gasteiger partial charge in [-0.2, -0.15) is 0 Å². The van der Waals surface area contributed by atoms with Crippen molar-refractivity contribution in [1.29, 1.82) is 0 Å². The summed E-state index contributed by atoms with van der Waals surface area (Å²) in [5.74, 6) is 0.285. The van der Waals surface area contributed by atoms with Crippen LogP contribution in [-0.2, 0) is 0 Å². The molecule has 7 heteroatoms. The van der Waals surface area contributed by atoms with Gasteiger partial charge in [-0.05, 0) is 18.1 Å². The van der Waals surface area contributed by atoms with Crippen molar-refractivity contribution in [2.75, 3.05) is 18.5 Å². The molecule has 7 nitrogen and oxygen atoms in total. The van der Waals surface area contributed by atoms with Crippen LogP contribution < -0.4 is 10.6 Å². The standard InChI is InChI=1S/C13H20N4O3/c1-4-9(2)8-16(3)11-6-5-10(13(14)15-18)7-12(11)17(19)20/h5-7,9,18H,4,8H2,1-3H3,(H2,14,15). The molecule has 1 aromatic rings. The lowest BCUT2D eigenvalue weighted by atomic mass is 10.1. The van der Waals surface area contributed by atoms with Gasteiger partial charge in [0.15, 0.2) is 5.84 Å². The van der Waals surface area contributed by atoms with Crippen LogP contribution in [0.2, 0.25) is 0 Å². The van der Waals surface area contributed by atoms with Crippen LogP contribution in [0.3, 0.4) is 0 Å². The molecule has 0 spiro atoms. The van der Waals surface area contributed by atoms with Crippen molar-refractivity contribution in [3.63, 3.8) is 0 Å². The highest BCUT2D eigenvalue weighted by molar-refractivity contribution is 5.98. The minimum absolute atomic E-state index is 0.0556. The van der Waals surface area contributed by atoms with E-state index in [0.29, 0.717) is 17.2 Å². The maximum absolute atomic E-state index is 11.2. The maximum Gasteiger partial charge on any atom is 0.293 e. The molecule has 0 heterocycles. The summed E-state index contributed by atoms with van der Waals surface area (Å²) < 4.78 is 0. The van der Waals surface area contributed by atoms with E-state index in [1.807, 2.05) is 11.9 Å². The molecule has 0 aliphatic rings. The Labute approximate surface area is 117 Å². The molecule has 0 bridgehead atoms. The molecule has 0 amide bonds. The molecule has 1 atom stereocenters. The molecule has 1 unspecified atom stereocenters. The number of nitro groups is 1. The third-order valence-corrected chi connectivity index (χ3v) is 3.27. The zero-order chi connectivity index (χ0) is 15.3. The number of oxime groups is 1. The lowest BCUT2D eigenvalue weighted by molar-refractivity contribution is -0.384. The number of rotatable bonds is 6. The number of benzene rings is 1. The van der Waals surface area contributed by atoms with Gasteiger partial charge in [-0.15, -0.1) is 0 Å². The molecule has 0 fully saturated rings. The molecule has 0 radical (unpaired) electrons. The summed E-state index contributed by atoms with van der Waals surface area (Å²) in [4.78, 5) is 12.6. The van der Waals surface area contributed by atoms with E-state index >= 15 is 0 Å². The Balaban J connectivity index is 3.17. The zero-order valence-corrected chi connectivity index (χ0v) is 11.9. The van der Waals surface area contributed by atoms with Crippen molar-refractivity contribution in [2.45, 2.75) is 20.3 Å². The topological polar surface area (TPSA) is 105 Å². The number of anilines is 1. The van der Waals surface area contributed by atoms with Crippen molar-refractivity contribution in [1.82, 2.24) is 0 Å². The van der Waals surface area contributed by atoms with E-state index in [9.17, 15) is 10.1 Å². The van der Waals surface area contributed by atoms with Gasteiger partial charge in [-0.3, -0.25) is 10.1 Å². The second kappa shape index (κ2) is 6.74. The molecular formula is C13H20N4O3. The first-order valence-electron chi connectivity index (χ1n) is 6.38. The van der Waals surface area contributed by atoms with Gasteiger partial charge < -0.3 is 15.8 Å². The van der Waals surface area contributed by atoms with Crippen LogP contribution in [-0.4, -0.2) is 29.6 Å². The fraction of sp³-hybridized carbons (Fsp3) is 0.462. The maximum atomic E-state index is 11.2. The molecule has 0 aromatic heterocycles. The minimum Gasteiger partial charge on any atom is -0.409 e. The SMILES string of the molecule is CCC(C)CN(C)c1ccc(C(N)=NO)cc1[N+](=O)[O-]. The molecule has 3 N–H and O–H groups in total. The summed E-state index contributed by atoms with van der Waals surface area (Å²) in [6.45, 7) is 4.89. The predicted octanol–water partition coefficient (Wildman–Crippen LogP) is 2.17. The Hall–Kier alpha value is -2.31. The van der Waals surface area contributed by atoms with Crippen LogP contribution in [0.15, 0.2) is 23.4 Å². The quantitative estimate of drug-likeness (QED) is 0.273. The van der Waals surface area contributed by atoms with Gasteiger partial charge in [0.25, 0.3) is 5.69 Å². The summed E-state index contributed by atoms with van der Waals surface area (Å²) >= 11 is 0. The largest absolute Gasteiger partial charge is 0.409 e. The van der Waals surface area contributed by atoms with Crippen LogP contribution in [0.25, 0.3) is 0 Å². The van der Waals surface area contributed by atoms with Crippen LogP contribution in [0.5, 0.6) is 0 Å². The van der Waals surface area contributed by atoms with E-state index in [0.717, 1.165) is 13.0 Å². The summed E-state index contributed by atoms with van der Waals surface area (Å²) in [7, 11) is 1.82. The van der Waals surface area contributed by atoms with Crippen LogP contribution >= 0.6 is 0 Å². The number of nitrogens with zero attached hydrogens (tertiary/aromatic N) is 3. The Morgan fingerprint density at radius 1 is 1.60 bits per heavy atom. The lowest BCUT2D eigenvalue weighted by Gasteiger charge is -2.22. The van der Waals surface area contributed by atoms with E-state index in [4.69, 9.17) is 10.9 Å². The second-order valence-electron chi connectivity index (χ2n) is 4.84. The Kier molecular flexibility index (Phi) is 5.31. The van der Waals surface area contributed by atoms with E-state index in [1.165, 1.54) is 6.07 Å². The predicted molar refractivity (Wildman–Crippen MR) is 78.3 cm³/mol. The van der Waals surface area contributed by atoms with Gasteiger partial charge in [-0.1, -0.05) is 25.4 Å². The van der Waals surface area contributed by atoms with Gasteiger partial charge in [0.2, 0.25) is 0 Å². The highest BCUT2D eigenvalue weighted by Gasteiger charge is 2.19. The number of hydrogen-bond acceptors (Lipinski definition) is 5. The van der Waals surface area contributed by atoms with E-state index in [-0.39, 0.29) is 11.5 Å². The smallest absolute Gasteiger partial charge is 0.293 e. The summed E-state index contributed by atoms with van der Waals surface area (Å²) in [5, 5.41) is 22.7. The third-order valence-electron chi connectivity index (χ3n) is 3.27. The summed E-state index contributed by atoms with van der Waals surface area (Å²) in [5.41, 5.74) is 6.24. The molecule has 1 aromatic carbocycles. The first kappa shape index (κ1) is 15.7. The number of nitro benzene ring substituents is 1. The van der Waals surface area contributed by atoms with Gasteiger partial charge >= 0.3 is 0 Å². The van der Waals surface area contributed by atoms with Crippen molar-refractivity contribution >= 4 is 17.2 Å². The Bertz CT molecular complexity index is 516. The average molecular weight is 280 g/mol. The molecule has 0 aliphatic heterocycles. The van der Waals surface area contributed by atoms with Gasteiger partial charge in [0, 0.05) is 25.2 Å². The molecular weight excluding hydrogens is 260 g/mol. The molecule has 110 valence electrons. The van der Waals surface area contributed by atoms with Crippen LogP contribution in [0, 0.1) is 16.0 Å². The number of nitrogens with two attached hydrogens (primary N) is 1. The summed E-state index contributed by atoms with van der Waals surface area (Å²) in [6, 6.07) is 4.54. The van der Waals surface area contributed by atoms with Gasteiger partial charge in [-0.25, -0.2) is 0 Å². The molecule has 1 rings (SSSR count). The van der Waals surface area contributed by atoms with Crippen molar-refractivity contribution in [3.05, 3.63) is 33.9 Å². The average Bonchev–Trinajstić information content (AvgIpc) is 2.45. The lowest BCUT2D eigenvalue weighted by Crippen LogP contribution is -2.24. The number of amidine groups is 1. The first-order valence-corrected chi connectivity index (χ1v) is 6.38. The third kappa shape index (κ3) is 3.59. The second-order valence-corrected chi connectivity index (χ2v) is 4.84. The monoisotopic (exact) mass is 280 g/mol. The van der Waals surface area contributed by atoms with Gasteiger partial charge in [0.1, 0.15) is 5.69 Å². The highest BCUT2D eigenvalue weighted by Crippen LogP contribution is 2.29. The zero-order valence-electron chi connectivity index (χ0n) is 11.9. The van der Waals surface area contributed by atoms with Gasteiger partial charge in [0.05, 0.1) is 4.92 Å². The Morgan fingerprint density at radius 3 is 2.75 bits per heavy atom. The van der Waals surface area contributed by atoms with E-state index in [1.54, 1.807) is 12.1 Å².